The van der Waals surface area contributed by atoms with Crippen molar-refractivity contribution in [2.75, 3.05) is 6.54 Å². The lowest BCUT2D eigenvalue weighted by atomic mass is 10.2. The van der Waals surface area contributed by atoms with Gasteiger partial charge >= 0.3 is 0 Å². The minimum Gasteiger partial charge on any atom is -0.306 e. The zero-order valence-electron chi connectivity index (χ0n) is 11.0. The van der Waals surface area contributed by atoms with Crippen LogP contribution in [0, 0.1) is 23.1 Å². The third-order valence-corrected chi connectivity index (χ3v) is 5.43. The molecular formula is C12H12BrF2N3O2S. The van der Waals surface area contributed by atoms with Gasteiger partial charge in [-0.1, -0.05) is 0 Å². The second kappa shape index (κ2) is 5.87. The van der Waals surface area contributed by atoms with E-state index in [-0.39, 0.29) is 17.1 Å². The fraction of sp³-hybridized carbons (Fsp3) is 0.417. The molecule has 1 aromatic carbocycles. The number of halogens is 3. The number of sulfonamides is 1. The highest BCUT2D eigenvalue weighted by Gasteiger charge is 2.32. The lowest BCUT2D eigenvalue weighted by Gasteiger charge is -2.13. The van der Waals surface area contributed by atoms with Crippen LogP contribution in [0.1, 0.15) is 13.3 Å². The van der Waals surface area contributed by atoms with Crippen molar-refractivity contribution in [3.05, 3.63) is 28.2 Å². The van der Waals surface area contributed by atoms with Crippen LogP contribution in [0.3, 0.4) is 0 Å². The summed E-state index contributed by atoms with van der Waals surface area (Å²) in [6, 6.07) is 0.811. The van der Waals surface area contributed by atoms with Gasteiger partial charge in [0.05, 0.1) is 4.47 Å². The van der Waals surface area contributed by atoms with Gasteiger partial charge in [0.2, 0.25) is 10.0 Å². The molecule has 0 aromatic heterocycles. The molecule has 0 bridgehead atoms. The van der Waals surface area contributed by atoms with Gasteiger partial charge in [0.15, 0.2) is 6.19 Å². The summed E-state index contributed by atoms with van der Waals surface area (Å²) >= 11 is 2.83. The van der Waals surface area contributed by atoms with Crippen molar-refractivity contribution in [3.63, 3.8) is 0 Å². The SMILES string of the molecule is CC1CC(NS(=O)(=O)c2cc(Br)c(F)cc2F)CN1C#N. The minimum atomic E-state index is -4.13. The van der Waals surface area contributed by atoms with Gasteiger partial charge in [-0.05, 0) is 35.3 Å². The molecule has 2 atom stereocenters. The Kier molecular flexibility index (Phi) is 4.51. The van der Waals surface area contributed by atoms with E-state index >= 15 is 0 Å². The van der Waals surface area contributed by atoms with Crippen LogP contribution in [0.5, 0.6) is 0 Å². The van der Waals surface area contributed by atoms with Crippen LogP contribution >= 0.6 is 15.9 Å². The third-order valence-electron chi connectivity index (χ3n) is 3.29. The first-order valence-electron chi connectivity index (χ1n) is 6.08. The minimum absolute atomic E-state index is 0.0903. The number of benzene rings is 1. The number of nitriles is 1. The molecule has 1 aromatic rings. The van der Waals surface area contributed by atoms with Crippen LogP contribution in [0.2, 0.25) is 0 Å². The van der Waals surface area contributed by atoms with Crippen LogP contribution in [-0.2, 0) is 10.0 Å². The molecule has 1 heterocycles. The molecule has 114 valence electrons. The van der Waals surface area contributed by atoms with E-state index in [1.54, 1.807) is 6.92 Å². The molecule has 5 nitrogen and oxygen atoms in total. The Labute approximate surface area is 129 Å². The van der Waals surface area contributed by atoms with E-state index in [0.717, 1.165) is 6.07 Å². The van der Waals surface area contributed by atoms with Crippen molar-refractivity contribution in [1.29, 1.82) is 5.26 Å². The molecule has 1 N–H and O–H groups in total. The van der Waals surface area contributed by atoms with E-state index in [4.69, 9.17) is 5.26 Å². The maximum Gasteiger partial charge on any atom is 0.243 e. The molecule has 0 spiro atoms. The molecular weight excluding hydrogens is 368 g/mol. The predicted molar refractivity (Wildman–Crippen MR) is 74.6 cm³/mol. The van der Waals surface area contributed by atoms with Crippen molar-refractivity contribution in [2.24, 2.45) is 0 Å². The van der Waals surface area contributed by atoms with E-state index in [0.29, 0.717) is 12.5 Å². The average Bonchev–Trinajstić information content (AvgIpc) is 2.72. The number of rotatable bonds is 3. The van der Waals surface area contributed by atoms with Gasteiger partial charge in [0, 0.05) is 24.7 Å². The molecule has 1 saturated heterocycles. The van der Waals surface area contributed by atoms with Gasteiger partial charge < -0.3 is 4.90 Å². The highest BCUT2D eigenvalue weighted by Crippen LogP contribution is 2.25. The van der Waals surface area contributed by atoms with Crippen molar-refractivity contribution >= 4 is 26.0 Å². The summed E-state index contributed by atoms with van der Waals surface area (Å²) in [5, 5.41) is 8.87. The topological polar surface area (TPSA) is 73.2 Å². The molecule has 0 amide bonds. The zero-order chi connectivity index (χ0) is 15.8. The number of hydrogen-bond acceptors (Lipinski definition) is 4. The van der Waals surface area contributed by atoms with Crippen LogP contribution in [-0.4, -0.2) is 31.9 Å². The normalized spacial score (nSPS) is 22.3. The largest absolute Gasteiger partial charge is 0.306 e. The summed E-state index contributed by atoms with van der Waals surface area (Å²) in [6.45, 7) is 2.02. The Bertz CT molecular complexity index is 705. The fourth-order valence-corrected chi connectivity index (χ4v) is 4.07. The van der Waals surface area contributed by atoms with Crippen molar-refractivity contribution < 1.29 is 17.2 Å². The lowest BCUT2D eigenvalue weighted by Crippen LogP contribution is -2.36. The van der Waals surface area contributed by atoms with Crippen molar-refractivity contribution in [1.82, 2.24) is 9.62 Å². The summed E-state index contributed by atoms with van der Waals surface area (Å²) in [7, 11) is -4.13. The first-order chi connectivity index (χ1) is 9.74. The van der Waals surface area contributed by atoms with Crippen LogP contribution in [0.15, 0.2) is 21.5 Å². The van der Waals surface area contributed by atoms with Gasteiger partial charge in [-0.25, -0.2) is 21.9 Å². The number of likely N-dealkylation sites (tertiary alicyclic amines) is 1. The first kappa shape index (κ1) is 16.1. The average molecular weight is 380 g/mol. The van der Waals surface area contributed by atoms with Crippen LogP contribution in [0.4, 0.5) is 8.78 Å². The summed E-state index contributed by atoms with van der Waals surface area (Å²) in [5.74, 6) is -2.04. The van der Waals surface area contributed by atoms with E-state index in [1.165, 1.54) is 4.90 Å². The van der Waals surface area contributed by atoms with E-state index < -0.39 is 32.6 Å². The molecule has 1 aliphatic heterocycles. The van der Waals surface area contributed by atoms with Gasteiger partial charge in [-0.15, -0.1) is 0 Å². The molecule has 0 saturated carbocycles. The Morgan fingerprint density at radius 2 is 2.10 bits per heavy atom. The second-order valence-corrected chi connectivity index (χ2v) is 7.39. The quantitative estimate of drug-likeness (QED) is 0.643. The molecule has 9 heteroatoms. The molecule has 21 heavy (non-hydrogen) atoms. The Balaban J connectivity index is 2.24. The van der Waals surface area contributed by atoms with E-state index in [1.807, 2.05) is 6.19 Å². The van der Waals surface area contributed by atoms with Gasteiger partial charge in [-0.2, -0.15) is 5.26 Å². The molecule has 0 radical (unpaired) electrons. The Hall–Kier alpha value is -1.24. The smallest absolute Gasteiger partial charge is 0.243 e. The summed E-state index contributed by atoms with van der Waals surface area (Å²) in [4.78, 5) is 0.822. The van der Waals surface area contributed by atoms with Crippen molar-refractivity contribution in [3.8, 4) is 6.19 Å². The van der Waals surface area contributed by atoms with Crippen molar-refractivity contribution in [2.45, 2.75) is 30.3 Å². The lowest BCUT2D eigenvalue weighted by molar-refractivity contribution is 0.386. The standard InChI is InChI=1S/C12H12BrF2N3O2S/c1-7-2-8(5-18(7)6-16)17-21(19,20)12-3-9(13)10(14)4-11(12)15/h3-4,7-8,17H,2,5H2,1H3. The van der Waals surface area contributed by atoms with Crippen LogP contribution < -0.4 is 4.72 Å². The molecule has 2 rings (SSSR count). The summed E-state index contributed by atoms with van der Waals surface area (Å²) < 4.78 is 53.4. The number of nitrogens with zero attached hydrogens (tertiary/aromatic N) is 2. The highest BCUT2D eigenvalue weighted by molar-refractivity contribution is 9.10. The number of hydrogen-bond donors (Lipinski definition) is 1. The number of nitrogens with one attached hydrogen (secondary N) is 1. The highest BCUT2D eigenvalue weighted by atomic mass is 79.9. The molecule has 0 aliphatic carbocycles. The summed E-state index contributed by atoms with van der Waals surface area (Å²) in [6.07, 6.45) is 2.41. The zero-order valence-corrected chi connectivity index (χ0v) is 13.4. The maximum atomic E-state index is 13.7. The second-order valence-electron chi connectivity index (χ2n) is 4.85. The van der Waals surface area contributed by atoms with E-state index in [9.17, 15) is 17.2 Å². The molecule has 2 unspecified atom stereocenters. The first-order valence-corrected chi connectivity index (χ1v) is 8.35. The fourth-order valence-electron chi connectivity index (χ4n) is 2.25. The Morgan fingerprint density at radius 1 is 1.43 bits per heavy atom. The Morgan fingerprint density at radius 3 is 2.67 bits per heavy atom. The molecule has 1 aliphatic rings. The van der Waals surface area contributed by atoms with Gasteiger partial charge in [-0.3, -0.25) is 0 Å². The van der Waals surface area contributed by atoms with E-state index in [2.05, 4.69) is 20.7 Å². The third kappa shape index (κ3) is 3.33. The summed E-state index contributed by atoms with van der Waals surface area (Å²) in [5.41, 5.74) is 0. The van der Waals surface area contributed by atoms with Gasteiger partial charge in [0.25, 0.3) is 0 Å². The predicted octanol–water partition coefficient (Wildman–Crippen LogP) is 1.95. The maximum absolute atomic E-state index is 13.7. The molecule has 1 fully saturated rings. The van der Waals surface area contributed by atoms with Crippen LogP contribution in [0.25, 0.3) is 0 Å². The van der Waals surface area contributed by atoms with Gasteiger partial charge in [0.1, 0.15) is 16.5 Å². The monoisotopic (exact) mass is 379 g/mol.